The molecule has 5 heteroatoms. The number of nitrogens with one attached hydrogen (secondary N) is 1. The molecule has 2 unspecified atom stereocenters. The molecule has 4 nitrogen and oxygen atoms in total. The van der Waals surface area contributed by atoms with E-state index >= 15 is 0 Å². The highest BCUT2D eigenvalue weighted by molar-refractivity contribution is 7.10. The number of carboxylic acid groups (broad SMARTS) is 1. The third-order valence-electron chi connectivity index (χ3n) is 3.23. The van der Waals surface area contributed by atoms with Gasteiger partial charge in [-0.25, -0.2) is 0 Å². The van der Waals surface area contributed by atoms with Crippen molar-refractivity contribution in [1.82, 2.24) is 5.32 Å². The van der Waals surface area contributed by atoms with Crippen molar-refractivity contribution in [2.45, 2.75) is 31.8 Å². The van der Waals surface area contributed by atoms with Crippen LogP contribution < -0.4 is 5.32 Å². The fraction of sp³-hybridized carbons (Fsp3) is 0.312. The molecule has 0 saturated heterocycles. The average molecular weight is 305 g/mol. The second kappa shape index (κ2) is 7.24. The molecule has 0 aliphatic carbocycles. The first-order valence-corrected chi connectivity index (χ1v) is 7.71. The number of phenolic OH excluding ortho intramolecular Hbond substituents is 1. The topological polar surface area (TPSA) is 69.6 Å². The SMILES string of the molecule is CC(Cc1ccc(O)cc1)NC(CC(=O)O)c1cccs1. The van der Waals surface area contributed by atoms with Gasteiger partial charge in [0.1, 0.15) is 5.75 Å². The monoisotopic (exact) mass is 305 g/mol. The third kappa shape index (κ3) is 4.88. The summed E-state index contributed by atoms with van der Waals surface area (Å²) in [6, 6.07) is 10.9. The van der Waals surface area contributed by atoms with Crippen LogP contribution in [0, 0.1) is 0 Å². The number of carbonyl (C=O) groups is 1. The van der Waals surface area contributed by atoms with E-state index in [4.69, 9.17) is 5.11 Å². The second-order valence-electron chi connectivity index (χ2n) is 5.10. The molecule has 0 bridgehead atoms. The van der Waals surface area contributed by atoms with E-state index in [1.807, 2.05) is 36.6 Å². The maximum atomic E-state index is 11.0. The van der Waals surface area contributed by atoms with Crippen molar-refractivity contribution in [2.75, 3.05) is 0 Å². The number of aliphatic carboxylic acids is 1. The van der Waals surface area contributed by atoms with Crippen molar-refractivity contribution in [3.63, 3.8) is 0 Å². The fourth-order valence-electron chi connectivity index (χ4n) is 2.29. The van der Waals surface area contributed by atoms with Gasteiger partial charge in [0.15, 0.2) is 0 Å². The summed E-state index contributed by atoms with van der Waals surface area (Å²) in [7, 11) is 0. The Hall–Kier alpha value is -1.85. The van der Waals surface area contributed by atoms with Crippen LogP contribution in [0.2, 0.25) is 0 Å². The van der Waals surface area contributed by atoms with Crippen LogP contribution in [0.5, 0.6) is 5.75 Å². The summed E-state index contributed by atoms with van der Waals surface area (Å²) >= 11 is 1.56. The smallest absolute Gasteiger partial charge is 0.305 e. The van der Waals surface area contributed by atoms with E-state index in [2.05, 4.69) is 5.32 Å². The summed E-state index contributed by atoms with van der Waals surface area (Å²) in [5, 5.41) is 23.7. The van der Waals surface area contributed by atoms with E-state index in [0.29, 0.717) is 0 Å². The van der Waals surface area contributed by atoms with Crippen molar-refractivity contribution >= 4 is 17.3 Å². The van der Waals surface area contributed by atoms with Crippen molar-refractivity contribution < 1.29 is 15.0 Å². The molecular weight excluding hydrogens is 286 g/mol. The number of hydrogen-bond donors (Lipinski definition) is 3. The summed E-state index contributed by atoms with van der Waals surface area (Å²) < 4.78 is 0. The lowest BCUT2D eigenvalue weighted by molar-refractivity contribution is -0.137. The van der Waals surface area contributed by atoms with Gasteiger partial charge >= 0.3 is 5.97 Å². The van der Waals surface area contributed by atoms with Gasteiger partial charge in [-0.1, -0.05) is 18.2 Å². The standard InChI is InChI=1S/C16H19NO3S/c1-11(9-12-4-6-13(18)7-5-12)17-14(10-16(19)20)15-3-2-8-21-15/h2-8,11,14,17-18H,9-10H2,1H3,(H,19,20). The number of thiophene rings is 1. The van der Waals surface area contributed by atoms with Gasteiger partial charge in [-0.15, -0.1) is 11.3 Å². The fourth-order valence-corrected chi connectivity index (χ4v) is 3.08. The van der Waals surface area contributed by atoms with Crippen molar-refractivity contribution in [2.24, 2.45) is 0 Å². The largest absolute Gasteiger partial charge is 0.508 e. The van der Waals surface area contributed by atoms with E-state index < -0.39 is 5.97 Å². The summed E-state index contributed by atoms with van der Waals surface area (Å²) in [4.78, 5) is 12.1. The average Bonchev–Trinajstić information content (AvgIpc) is 2.94. The summed E-state index contributed by atoms with van der Waals surface area (Å²) in [5.41, 5.74) is 1.10. The molecule has 0 fully saturated rings. The first kappa shape index (κ1) is 15.5. The Morgan fingerprint density at radius 2 is 2.00 bits per heavy atom. The lowest BCUT2D eigenvalue weighted by atomic mass is 10.0. The van der Waals surface area contributed by atoms with Gasteiger partial charge in [0.25, 0.3) is 0 Å². The molecule has 0 aliphatic rings. The minimum absolute atomic E-state index is 0.0699. The van der Waals surface area contributed by atoms with Crippen LogP contribution in [-0.4, -0.2) is 22.2 Å². The molecule has 0 amide bonds. The Balaban J connectivity index is 1.99. The van der Waals surface area contributed by atoms with Crippen LogP contribution in [-0.2, 0) is 11.2 Å². The Labute approximate surface area is 128 Å². The Morgan fingerprint density at radius 3 is 2.57 bits per heavy atom. The van der Waals surface area contributed by atoms with Gasteiger partial charge in [0.05, 0.1) is 12.5 Å². The predicted octanol–water partition coefficient (Wildman–Crippen LogP) is 3.19. The number of aromatic hydroxyl groups is 1. The Bertz CT molecular complexity index is 566. The number of benzene rings is 1. The molecule has 1 heterocycles. The zero-order valence-corrected chi connectivity index (χ0v) is 12.6. The first-order chi connectivity index (χ1) is 10.0. The van der Waals surface area contributed by atoms with Gasteiger partial charge in [-0.2, -0.15) is 0 Å². The van der Waals surface area contributed by atoms with Gasteiger partial charge < -0.3 is 15.5 Å². The lowest BCUT2D eigenvalue weighted by Gasteiger charge is -2.21. The second-order valence-corrected chi connectivity index (χ2v) is 6.08. The molecule has 0 saturated carbocycles. The molecule has 3 N–H and O–H groups in total. The molecule has 1 aromatic carbocycles. The Morgan fingerprint density at radius 1 is 1.29 bits per heavy atom. The van der Waals surface area contributed by atoms with E-state index in [-0.39, 0.29) is 24.3 Å². The Kier molecular flexibility index (Phi) is 5.36. The molecule has 2 atom stereocenters. The molecule has 0 radical (unpaired) electrons. The van der Waals surface area contributed by atoms with Gasteiger partial charge in [-0.3, -0.25) is 4.79 Å². The molecule has 0 spiro atoms. The summed E-state index contributed by atoms with van der Waals surface area (Å²) in [6.45, 7) is 2.04. The number of hydrogen-bond acceptors (Lipinski definition) is 4. The van der Waals surface area contributed by atoms with Gasteiger partial charge in [-0.05, 0) is 42.5 Å². The van der Waals surface area contributed by atoms with Crippen LogP contribution in [0.1, 0.15) is 29.8 Å². The third-order valence-corrected chi connectivity index (χ3v) is 4.22. The molecule has 2 aromatic rings. The molecule has 2 rings (SSSR count). The molecular formula is C16H19NO3S. The molecule has 1 aromatic heterocycles. The van der Waals surface area contributed by atoms with E-state index in [9.17, 15) is 9.90 Å². The van der Waals surface area contributed by atoms with Crippen LogP contribution in [0.15, 0.2) is 41.8 Å². The number of carboxylic acids is 1. The highest BCUT2D eigenvalue weighted by Crippen LogP contribution is 2.23. The highest BCUT2D eigenvalue weighted by Gasteiger charge is 2.18. The summed E-state index contributed by atoms with van der Waals surface area (Å²) in [6.07, 6.45) is 0.849. The number of phenols is 1. The highest BCUT2D eigenvalue weighted by atomic mass is 32.1. The number of rotatable bonds is 7. The van der Waals surface area contributed by atoms with E-state index in [1.165, 1.54) is 0 Å². The van der Waals surface area contributed by atoms with Crippen LogP contribution in [0.3, 0.4) is 0 Å². The van der Waals surface area contributed by atoms with Crippen LogP contribution in [0.25, 0.3) is 0 Å². The quantitative estimate of drug-likeness (QED) is 0.735. The minimum atomic E-state index is -0.808. The van der Waals surface area contributed by atoms with E-state index in [1.54, 1.807) is 23.5 Å². The lowest BCUT2D eigenvalue weighted by Crippen LogP contribution is -2.33. The summed E-state index contributed by atoms with van der Waals surface area (Å²) in [5.74, 6) is -0.556. The van der Waals surface area contributed by atoms with E-state index in [0.717, 1.165) is 16.9 Å². The molecule has 21 heavy (non-hydrogen) atoms. The normalized spacial score (nSPS) is 13.8. The maximum Gasteiger partial charge on any atom is 0.305 e. The minimum Gasteiger partial charge on any atom is -0.508 e. The zero-order valence-electron chi connectivity index (χ0n) is 11.8. The molecule has 112 valence electrons. The van der Waals surface area contributed by atoms with Crippen LogP contribution in [0.4, 0.5) is 0 Å². The first-order valence-electron chi connectivity index (χ1n) is 6.83. The predicted molar refractivity (Wildman–Crippen MR) is 83.7 cm³/mol. The van der Waals surface area contributed by atoms with Crippen LogP contribution >= 0.6 is 11.3 Å². The molecule has 0 aliphatic heterocycles. The maximum absolute atomic E-state index is 11.0. The van der Waals surface area contributed by atoms with Gasteiger partial charge in [0.2, 0.25) is 0 Å². The van der Waals surface area contributed by atoms with Crippen molar-refractivity contribution in [3.05, 3.63) is 52.2 Å². The zero-order chi connectivity index (χ0) is 15.2. The van der Waals surface area contributed by atoms with Crippen molar-refractivity contribution in [1.29, 1.82) is 0 Å². The van der Waals surface area contributed by atoms with Gasteiger partial charge in [0, 0.05) is 10.9 Å². The van der Waals surface area contributed by atoms with Crippen molar-refractivity contribution in [3.8, 4) is 5.75 Å².